The Kier molecular flexibility index (Phi) is 5.70. The molecule has 4 heterocycles. The molecule has 0 bridgehead atoms. The Morgan fingerprint density at radius 3 is 2.72 bits per heavy atom. The molecule has 0 saturated heterocycles. The maximum atomic E-state index is 12.7. The minimum atomic E-state index is -0.369. The molecule has 3 aromatic rings. The van der Waals surface area contributed by atoms with Crippen molar-refractivity contribution in [3.63, 3.8) is 0 Å². The molecular weight excluding hydrogens is 456 g/mol. The van der Waals surface area contributed by atoms with E-state index in [0.29, 0.717) is 12.1 Å². The van der Waals surface area contributed by atoms with Gasteiger partial charge in [-0.25, -0.2) is 0 Å². The fraction of sp³-hybridized carbons (Fsp3) is 0.357. The van der Waals surface area contributed by atoms with Gasteiger partial charge in [-0.2, -0.15) is 0 Å². The molecule has 2 aromatic heterocycles. The molecule has 0 unspecified atom stereocenters. The SMILES string of the molecule is COc1cc2c(c3c1OC(C)(C)C3)C(c1ccc(=O)n(CC(=O)Nc3cccnc3)c1)=NC(C)(C)C2. The Labute approximate surface area is 210 Å². The zero-order valence-electron chi connectivity index (χ0n) is 21.2. The van der Waals surface area contributed by atoms with Gasteiger partial charge in [0.25, 0.3) is 5.56 Å². The number of amides is 1. The lowest BCUT2D eigenvalue weighted by Crippen LogP contribution is -2.32. The van der Waals surface area contributed by atoms with Crippen molar-refractivity contribution in [3.05, 3.63) is 81.5 Å². The Morgan fingerprint density at radius 1 is 1.19 bits per heavy atom. The summed E-state index contributed by atoms with van der Waals surface area (Å²) in [4.78, 5) is 34.5. The fourth-order valence-corrected chi connectivity index (χ4v) is 5.02. The van der Waals surface area contributed by atoms with Crippen LogP contribution in [0.2, 0.25) is 0 Å². The summed E-state index contributed by atoms with van der Waals surface area (Å²) in [5, 5.41) is 2.78. The molecule has 0 fully saturated rings. The average Bonchev–Trinajstić information content (AvgIpc) is 3.14. The summed E-state index contributed by atoms with van der Waals surface area (Å²) in [6.07, 6.45) is 6.38. The van der Waals surface area contributed by atoms with Crippen LogP contribution in [0, 0.1) is 0 Å². The lowest BCUT2D eigenvalue weighted by atomic mass is 9.81. The quantitative estimate of drug-likeness (QED) is 0.592. The number of ether oxygens (including phenoxy) is 2. The molecule has 0 radical (unpaired) electrons. The second-order valence-electron chi connectivity index (χ2n) is 10.6. The molecule has 36 heavy (non-hydrogen) atoms. The number of carbonyl (C=O) groups excluding carboxylic acids is 1. The number of nitrogens with one attached hydrogen (secondary N) is 1. The number of aliphatic imine (C=N–C) groups is 1. The number of hydrogen-bond acceptors (Lipinski definition) is 6. The van der Waals surface area contributed by atoms with Gasteiger partial charge in [0.15, 0.2) is 11.5 Å². The molecule has 8 heteroatoms. The molecule has 186 valence electrons. The monoisotopic (exact) mass is 486 g/mol. The number of pyridine rings is 2. The number of benzene rings is 1. The van der Waals surface area contributed by atoms with E-state index in [-0.39, 0.29) is 29.2 Å². The molecule has 5 rings (SSSR count). The van der Waals surface area contributed by atoms with Gasteiger partial charge < -0.3 is 19.4 Å². The van der Waals surface area contributed by atoms with E-state index in [1.54, 1.807) is 43.9 Å². The van der Waals surface area contributed by atoms with Crippen molar-refractivity contribution in [3.8, 4) is 11.5 Å². The highest BCUT2D eigenvalue weighted by Gasteiger charge is 2.39. The number of carbonyl (C=O) groups is 1. The first-order valence-electron chi connectivity index (χ1n) is 12.0. The highest BCUT2D eigenvalue weighted by atomic mass is 16.5. The smallest absolute Gasteiger partial charge is 0.251 e. The van der Waals surface area contributed by atoms with Crippen molar-refractivity contribution < 1.29 is 14.3 Å². The Morgan fingerprint density at radius 2 is 2.00 bits per heavy atom. The van der Waals surface area contributed by atoms with Crippen LogP contribution in [0.15, 0.2) is 58.7 Å². The van der Waals surface area contributed by atoms with Gasteiger partial charge >= 0.3 is 0 Å². The first-order valence-corrected chi connectivity index (χ1v) is 12.0. The molecule has 1 amide bonds. The summed E-state index contributed by atoms with van der Waals surface area (Å²) in [6.45, 7) is 8.18. The topological polar surface area (TPSA) is 94.8 Å². The van der Waals surface area contributed by atoms with Crippen LogP contribution in [0.25, 0.3) is 0 Å². The van der Waals surface area contributed by atoms with Gasteiger partial charge in [-0.3, -0.25) is 19.6 Å². The van der Waals surface area contributed by atoms with Crippen LogP contribution >= 0.6 is 0 Å². The van der Waals surface area contributed by atoms with Crippen LogP contribution in [-0.2, 0) is 24.2 Å². The molecule has 0 atom stereocenters. The maximum absolute atomic E-state index is 12.7. The van der Waals surface area contributed by atoms with Crippen LogP contribution in [-0.4, -0.2) is 39.4 Å². The van der Waals surface area contributed by atoms with E-state index in [0.717, 1.165) is 45.9 Å². The van der Waals surface area contributed by atoms with Crippen LogP contribution < -0.4 is 20.3 Å². The minimum absolute atomic E-state index is 0.123. The number of hydrogen-bond donors (Lipinski definition) is 1. The normalized spacial score (nSPS) is 16.9. The van der Waals surface area contributed by atoms with Crippen molar-refractivity contribution in [1.29, 1.82) is 0 Å². The summed E-state index contributed by atoms with van der Waals surface area (Å²) in [5.41, 5.74) is 4.39. The van der Waals surface area contributed by atoms with Crippen molar-refractivity contribution in [2.45, 2.75) is 58.2 Å². The highest BCUT2D eigenvalue weighted by Crippen LogP contribution is 2.47. The van der Waals surface area contributed by atoms with E-state index in [4.69, 9.17) is 14.5 Å². The van der Waals surface area contributed by atoms with Crippen LogP contribution in [0.1, 0.15) is 49.9 Å². The third-order valence-corrected chi connectivity index (χ3v) is 6.42. The fourth-order valence-electron chi connectivity index (χ4n) is 5.02. The second-order valence-corrected chi connectivity index (χ2v) is 10.6. The molecule has 1 aromatic carbocycles. The summed E-state index contributed by atoms with van der Waals surface area (Å²) in [7, 11) is 1.66. The van der Waals surface area contributed by atoms with Gasteiger partial charge in [0.2, 0.25) is 5.91 Å². The van der Waals surface area contributed by atoms with Gasteiger partial charge in [0.05, 0.1) is 30.2 Å². The molecule has 2 aliphatic rings. The highest BCUT2D eigenvalue weighted by molar-refractivity contribution is 6.16. The standard InChI is InChI=1S/C28H30N4O4/c1-27(2)12-18-11-21(35-5)26-20(13-28(3,4)36-26)24(18)25(31-27)17-8-9-23(34)32(15-17)16-22(33)30-19-7-6-10-29-14-19/h6-11,14-15H,12-13,16H2,1-5H3,(H,30,33). The van der Waals surface area contributed by atoms with Gasteiger partial charge in [-0.05, 0) is 63.9 Å². The van der Waals surface area contributed by atoms with Gasteiger partial charge in [-0.15, -0.1) is 0 Å². The molecule has 0 saturated carbocycles. The minimum Gasteiger partial charge on any atom is -0.493 e. The summed E-state index contributed by atoms with van der Waals surface area (Å²) < 4.78 is 13.4. The van der Waals surface area contributed by atoms with E-state index < -0.39 is 0 Å². The van der Waals surface area contributed by atoms with E-state index in [2.05, 4.69) is 38.0 Å². The molecule has 1 N–H and O–H groups in total. The predicted octanol–water partition coefficient (Wildman–Crippen LogP) is 3.78. The molecule has 8 nitrogen and oxygen atoms in total. The third-order valence-electron chi connectivity index (χ3n) is 6.42. The number of fused-ring (bicyclic) bond motifs is 3. The summed E-state index contributed by atoms with van der Waals surface area (Å²) >= 11 is 0. The zero-order valence-corrected chi connectivity index (χ0v) is 21.2. The third kappa shape index (κ3) is 4.51. The first-order chi connectivity index (χ1) is 17.0. The number of rotatable bonds is 5. The Bertz CT molecular complexity index is 1440. The van der Waals surface area contributed by atoms with Crippen molar-refractivity contribution in [2.24, 2.45) is 4.99 Å². The average molecular weight is 487 g/mol. The van der Waals surface area contributed by atoms with E-state index in [1.165, 1.54) is 10.6 Å². The Balaban J connectivity index is 1.57. The van der Waals surface area contributed by atoms with Crippen molar-refractivity contribution >= 4 is 17.3 Å². The van der Waals surface area contributed by atoms with Gasteiger partial charge in [0, 0.05) is 41.6 Å². The first kappa shape index (κ1) is 23.8. The van der Waals surface area contributed by atoms with Crippen LogP contribution in [0.5, 0.6) is 11.5 Å². The summed E-state index contributed by atoms with van der Waals surface area (Å²) in [6, 6.07) is 8.79. The molecular formula is C28H30N4O4. The lowest BCUT2D eigenvalue weighted by molar-refractivity contribution is -0.116. The van der Waals surface area contributed by atoms with Crippen molar-refractivity contribution in [1.82, 2.24) is 9.55 Å². The molecule has 0 aliphatic carbocycles. The van der Waals surface area contributed by atoms with Crippen LogP contribution in [0.4, 0.5) is 5.69 Å². The summed E-state index contributed by atoms with van der Waals surface area (Å²) in [5.74, 6) is 1.16. The largest absolute Gasteiger partial charge is 0.493 e. The number of anilines is 1. The predicted molar refractivity (Wildman–Crippen MR) is 138 cm³/mol. The van der Waals surface area contributed by atoms with E-state index >= 15 is 0 Å². The van der Waals surface area contributed by atoms with Gasteiger partial charge in [0.1, 0.15) is 12.1 Å². The number of nitrogens with zero attached hydrogens (tertiary/aromatic N) is 3. The van der Waals surface area contributed by atoms with Gasteiger partial charge in [-0.1, -0.05) is 0 Å². The lowest BCUT2D eigenvalue weighted by Gasteiger charge is -2.31. The van der Waals surface area contributed by atoms with Crippen molar-refractivity contribution in [2.75, 3.05) is 12.4 Å². The Hall–Kier alpha value is -3.94. The van der Waals surface area contributed by atoms with E-state index in [9.17, 15) is 9.59 Å². The molecule has 2 aliphatic heterocycles. The number of methoxy groups -OCH3 is 1. The number of aromatic nitrogens is 2. The second kappa shape index (κ2) is 8.62. The maximum Gasteiger partial charge on any atom is 0.251 e. The van der Waals surface area contributed by atoms with Crippen LogP contribution in [0.3, 0.4) is 0 Å². The van der Waals surface area contributed by atoms with E-state index in [1.807, 2.05) is 6.07 Å². The molecule has 0 spiro atoms. The zero-order chi connectivity index (χ0) is 25.7.